The van der Waals surface area contributed by atoms with Gasteiger partial charge in [-0.2, -0.15) is 0 Å². The SMILES string of the molecule is [B]N=POC(=O)C1=C(SCCc2nccc3ccccc23)[C@H](C)C2C(C(C)O)C(=O)N12. The number of carbonyl (C=O) groups is 2. The molecule has 1 saturated heterocycles. The van der Waals surface area contributed by atoms with Gasteiger partial charge in [0.15, 0.2) is 0 Å². The van der Waals surface area contributed by atoms with Crippen LogP contribution in [-0.2, 0) is 20.5 Å². The molecular weight excluding hydrogens is 432 g/mol. The number of carbonyl (C=O) groups excluding carboxylic acids is 2. The molecule has 1 fully saturated rings. The Morgan fingerprint density at radius 3 is 2.94 bits per heavy atom. The van der Waals surface area contributed by atoms with E-state index in [1.54, 1.807) is 13.1 Å². The van der Waals surface area contributed by atoms with E-state index in [2.05, 4.69) is 21.8 Å². The minimum Gasteiger partial charge on any atom is -0.393 e. The maximum Gasteiger partial charge on any atom is 0.365 e. The van der Waals surface area contributed by atoms with Crippen molar-refractivity contribution in [2.45, 2.75) is 32.4 Å². The molecule has 7 nitrogen and oxygen atoms in total. The molecule has 158 valence electrons. The van der Waals surface area contributed by atoms with Gasteiger partial charge in [-0.1, -0.05) is 31.2 Å². The van der Waals surface area contributed by atoms with Crippen molar-refractivity contribution in [1.29, 1.82) is 0 Å². The predicted molar refractivity (Wildman–Crippen MR) is 121 cm³/mol. The van der Waals surface area contributed by atoms with Gasteiger partial charge in [0.25, 0.3) is 7.98 Å². The Kier molecular flexibility index (Phi) is 6.46. The molecule has 0 bridgehead atoms. The molecule has 2 aliphatic rings. The van der Waals surface area contributed by atoms with Crippen LogP contribution in [0.1, 0.15) is 19.5 Å². The minimum absolute atomic E-state index is 0.0256. The zero-order valence-electron chi connectivity index (χ0n) is 17.1. The van der Waals surface area contributed by atoms with Crippen LogP contribution in [0.15, 0.2) is 51.8 Å². The number of amides is 1. The second-order valence-corrected chi connectivity index (χ2v) is 9.33. The summed E-state index contributed by atoms with van der Waals surface area (Å²) in [5.74, 6) is -0.811. The molecule has 31 heavy (non-hydrogen) atoms. The normalized spacial score (nSPS) is 23.9. The van der Waals surface area contributed by atoms with Gasteiger partial charge < -0.3 is 19.2 Å². The van der Waals surface area contributed by atoms with Crippen molar-refractivity contribution < 1.29 is 19.2 Å². The van der Waals surface area contributed by atoms with Crippen LogP contribution in [0, 0.1) is 11.8 Å². The number of benzene rings is 1. The van der Waals surface area contributed by atoms with Crippen LogP contribution in [0.25, 0.3) is 10.8 Å². The first kappa shape index (κ1) is 22.0. The van der Waals surface area contributed by atoms with Gasteiger partial charge in [-0.15, -0.1) is 11.8 Å². The fourth-order valence-electron chi connectivity index (χ4n) is 4.45. The third-order valence-corrected chi connectivity index (χ3v) is 7.45. The molecule has 3 unspecified atom stereocenters. The van der Waals surface area contributed by atoms with Crippen LogP contribution in [0.2, 0.25) is 0 Å². The smallest absolute Gasteiger partial charge is 0.365 e. The molecule has 2 aromatic rings. The van der Waals surface area contributed by atoms with Crippen molar-refractivity contribution in [2.75, 3.05) is 5.75 Å². The zero-order valence-corrected chi connectivity index (χ0v) is 18.8. The molecule has 4 atom stereocenters. The van der Waals surface area contributed by atoms with Gasteiger partial charge in [0.1, 0.15) is 5.70 Å². The number of pyridine rings is 1. The molecule has 1 amide bonds. The molecule has 1 aromatic carbocycles. The lowest BCUT2D eigenvalue weighted by atomic mass is 9.79. The van der Waals surface area contributed by atoms with Crippen LogP contribution in [-0.4, -0.2) is 52.7 Å². The van der Waals surface area contributed by atoms with Gasteiger partial charge in [-0.25, -0.2) is 4.79 Å². The zero-order chi connectivity index (χ0) is 22.1. The van der Waals surface area contributed by atoms with E-state index in [4.69, 9.17) is 12.5 Å². The van der Waals surface area contributed by atoms with Crippen LogP contribution < -0.4 is 0 Å². The summed E-state index contributed by atoms with van der Waals surface area (Å²) < 4.78 is 8.37. The first-order valence-electron chi connectivity index (χ1n) is 9.98. The van der Waals surface area contributed by atoms with Crippen LogP contribution >= 0.6 is 20.4 Å². The summed E-state index contributed by atoms with van der Waals surface area (Å²) in [6.07, 6.45) is 1.73. The maximum absolute atomic E-state index is 12.7. The van der Waals surface area contributed by atoms with Crippen molar-refractivity contribution in [3.05, 3.63) is 52.8 Å². The number of aliphatic hydroxyl groups excluding tert-OH is 1. The molecule has 10 heteroatoms. The monoisotopic (exact) mass is 453 g/mol. The van der Waals surface area contributed by atoms with E-state index in [1.807, 2.05) is 25.1 Å². The van der Waals surface area contributed by atoms with E-state index >= 15 is 0 Å². The fourth-order valence-corrected chi connectivity index (χ4v) is 5.89. The van der Waals surface area contributed by atoms with E-state index in [9.17, 15) is 14.7 Å². The summed E-state index contributed by atoms with van der Waals surface area (Å²) in [6.45, 7) is 3.58. The Morgan fingerprint density at radius 2 is 2.19 bits per heavy atom. The van der Waals surface area contributed by atoms with E-state index < -0.39 is 18.0 Å². The lowest BCUT2D eigenvalue weighted by molar-refractivity contribution is -0.162. The summed E-state index contributed by atoms with van der Waals surface area (Å²) in [5.41, 5.74) is 1.23. The summed E-state index contributed by atoms with van der Waals surface area (Å²) >= 11 is 1.53. The van der Waals surface area contributed by atoms with Crippen molar-refractivity contribution >= 4 is 51.0 Å². The summed E-state index contributed by atoms with van der Waals surface area (Å²) in [6, 6.07) is 9.82. The number of fused-ring (bicyclic) bond motifs is 2. The van der Waals surface area contributed by atoms with E-state index in [0.717, 1.165) is 21.4 Å². The average Bonchev–Trinajstić information content (AvgIpc) is 3.00. The Balaban J connectivity index is 1.57. The predicted octanol–water partition coefficient (Wildman–Crippen LogP) is 3.25. The van der Waals surface area contributed by atoms with Gasteiger partial charge in [0.05, 0.1) is 18.1 Å². The molecule has 1 N–H and O–H groups in total. The van der Waals surface area contributed by atoms with Gasteiger partial charge >= 0.3 is 5.97 Å². The molecule has 0 spiro atoms. The number of aliphatic hydroxyl groups is 1. The summed E-state index contributed by atoms with van der Waals surface area (Å²) in [4.78, 5) is 32.1. The average molecular weight is 453 g/mol. The highest BCUT2D eigenvalue weighted by atomic mass is 32.2. The molecule has 2 aliphatic heterocycles. The summed E-state index contributed by atoms with van der Waals surface area (Å²) in [7, 11) is 5.06. The van der Waals surface area contributed by atoms with E-state index in [1.165, 1.54) is 16.7 Å². The number of thioether (sulfide) groups is 1. The largest absolute Gasteiger partial charge is 0.393 e. The highest BCUT2D eigenvalue weighted by Crippen LogP contribution is 2.51. The first-order valence-corrected chi connectivity index (χ1v) is 11.7. The number of hydrogen-bond acceptors (Lipinski definition) is 7. The number of nitrogens with zero attached hydrogens (tertiary/aromatic N) is 3. The third kappa shape index (κ3) is 3.90. The molecule has 1 aromatic heterocycles. The van der Waals surface area contributed by atoms with Gasteiger partial charge in [-0.3, -0.25) is 9.78 Å². The summed E-state index contributed by atoms with van der Waals surface area (Å²) in [5, 5.41) is 12.3. The topological polar surface area (TPSA) is 92.1 Å². The van der Waals surface area contributed by atoms with Crippen molar-refractivity contribution in [3.63, 3.8) is 0 Å². The molecule has 0 saturated carbocycles. The second-order valence-electron chi connectivity index (χ2n) is 7.62. The highest BCUT2D eigenvalue weighted by molar-refractivity contribution is 8.03. The number of aromatic nitrogens is 1. The van der Waals surface area contributed by atoms with Gasteiger partial charge in [0.2, 0.25) is 14.5 Å². The number of β-lactam (4-membered cyclic amide) rings is 1. The Bertz CT molecular complexity index is 1090. The molecule has 2 radical (unpaired) electrons. The third-order valence-electron chi connectivity index (χ3n) is 5.83. The quantitative estimate of drug-likeness (QED) is 0.393. The van der Waals surface area contributed by atoms with Gasteiger partial charge in [-0.05, 0) is 24.8 Å². The molecule has 0 aliphatic carbocycles. The Hall–Kier alpha value is -2.22. The van der Waals surface area contributed by atoms with Crippen molar-refractivity contribution in [2.24, 2.45) is 16.5 Å². The number of hydrogen-bond donors (Lipinski definition) is 1. The van der Waals surface area contributed by atoms with Crippen LogP contribution in [0.4, 0.5) is 0 Å². The second kappa shape index (κ2) is 9.11. The molecule has 4 rings (SSSR count). The minimum atomic E-state index is -0.783. The Labute approximate surface area is 187 Å². The molecular formula is C21H21BN3O4PS. The van der Waals surface area contributed by atoms with Crippen molar-refractivity contribution in [3.8, 4) is 0 Å². The van der Waals surface area contributed by atoms with Gasteiger partial charge in [0, 0.05) is 33.9 Å². The number of aryl methyl sites for hydroxylation is 1. The lowest BCUT2D eigenvalue weighted by Crippen LogP contribution is -2.63. The maximum atomic E-state index is 12.7. The first-order chi connectivity index (χ1) is 15.0. The highest BCUT2D eigenvalue weighted by Gasteiger charge is 2.60. The lowest BCUT2D eigenvalue weighted by Gasteiger charge is -2.46. The Morgan fingerprint density at radius 1 is 1.42 bits per heavy atom. The standard InChI is InChI=1S/C21H21BN3O4PS/c1-11-17-16(12(2)26)20(27)25(17)18(21(28)29-30-24-22)19(11)31-10-8-15-14-6-4-3-5-13(14)7-9-23-15/h3-7,9,11-12,16-17,26H,8,10H2,1-2H3/t11-,12?,16?,17?/m1/s1. The van der Waals surface area contributed by atoms with E-state index in [0.29, 0.717) is 12.2 Å². The fraction of sp³-hybridized carbons (Fsp3) is 0.381. The van der Waals surface area contributed by atoms with Crippen molar-refractivity contribution in [1.82, 2.24) is 9.88 Å². The van der Waals surface area contributed by atoms with Crippen LogP contribution in [0.5, 0.6) is 0 Å². The molecule has 3 heterocycles. The van der Waals surface area contributed by atoms with E-state index in [-0.39, 0.29) is 32.2 Å². The van der Waals surface area contributed by atoms with Crippen LogP contribution in [0.3, 0.4) is 0 Å². The number of rotatable bonds is 7.